The second-order valence-electron chi connectivity index (χ2n) is 5.64. The molecular weight excluding hydrogens is 317 g/mol. The van der Waals surface area contributed by atoms with E-state index in [0.29, 0.717) is 17.8 Å². The van der Waals surface area contributed by atoms with Crippen LogP contribution in [0.15, 0.2) is 73.1 Å². The minimum Gasteiger partial charge on any atom is -0.381 e. The van der Waals surface area contributed by atoms with Crippen molar-refractivity contribution < 1.29 is 9.18 Å². The lowest BCUT2D eigenvalue weighted by molar-refractivity contribution is -0.115. The van der Waals surface area contributed by atoms with Crippen LogP contribution in [0.2, 0.25) is 0 Å². The molecule has 126 valence electrons. The summed E-state index contributed by atoms with van der Waals surface area (Å²) < 4.78 is 13.1. The fourth-order valence-electron chi connectivity index (χ4n) is 2.41. The first kappa shape index (κ1) is 16.6. The predicted octanol–water partition coefficient (Wildman–Crippen LogP) is 4.01. The molecule has 3 rings (SSSR count). The molecule has 1 amide bonds. The van der Waals surface area contributed by atoms with Gasteiger partial charge in [-0.05, 0) is 59.7 Å². The highest BCUT2D eigenvalue weighted by Crippen LogP contribution is 2.15. The summed E-state index contributed by atoms with van der Waals surface area (Å²) in [6.07, 6.45) is 3.66. The number of carbonyl (C=O) groups excluding carboxylic acids is 1. The van der Waals surface area contributed by atoms with E-state index in [4.69, 9.17) is 0 Å². The number of nitrogens with zero attached hydrogens (tertiary/aromatic N) is 1. The van der Waals surface area contributed by atoms with Crippen molar-refractivity contribution in [2.24, 2.45) is 0 Å². The number of pyridine rings is 1. The first-order valence-corrected chi connectivity index (χ1v) is 7.96. The average molecular weight is 335 g/mol. The van der Waals surface area contributed by atoms with E-state index in [9.17, 15) is 9.18 Å². The van der Waals surface area contributed by atoms with Crippen LogP contribution in [0.5, 0.6) is 0 Å². The van der Waals surface area contributed by atoms with Gasteiger partial charge in [-0.15, -0.1) is 0 Å². The molecule has 0 radical (unpaired) electrons. The minimum atomic E-state index is -0.338. The fraction of sp³-hybridized carbons (Fsp3) is 0.100. The molecule has 3 aromatic rings. The summed E-state index contributed by atoms with van der Waals surface area (Å²) in [5, 5.41) is 6.12. The summed E-state index contributed by atoms with van der Waals surface area (Å²) in [6.45, 7) is 0.702. The number of aromatic nitrogens is 1. The Hall–Kier alpha value is -3.21. The third kappa shape index (κ3) is 5.14. The maximum Gasteiger partial charge on any atom is 0.228 e. The first-order chi connectivity index (χ1) is 12.2. The maximum absolute atomic E-state index is 13.1. The molecule has 1 aromatic heterocycles. The van der Waals surface area contributed by atoms with Gasteiger partial charge in [0, 0.05) is 30.3 Å². The molecule has 0 aliphatic carbocycles. The number of anilines is 2. The van der Waals surface area contributed by atoms with Crippen LogP contribution in [0, 0.1) is 5.82 Å². The standard InChI is InChI=1S/C20H18FN3O/c21-17-3-1-2-16(12-17)13-20(25)24-19-6-4-18(5-7-19)23-14-15-8-10-22-11-9-15/h1-12,23H,13-14H2,(H,24,25). The Morgan fingerprint density at radius 2 is 1.64 bits per heavy atom. The molecule has 0 fully saturated rings. The van der Waals surface area contributed by atoms with Gasteiger partial charge < -0.3 is 10.6 Å². The van der Waals surface area contributed by atoms with Crippen molar-refractivity contribution in [1.82, 2.24) is 4.98 Å². The third-order valence-electron chi connectivity index (χ3n) is 3.67. The van der Waals surface area contributed by atoms with Crippen LogP contribution < -0.4 is 10.6 Å². The smallest absolute Gasteiger partial charge is 0.228 e. The second-order valence-corrected chi connectivity index (χ2v) is 5.64. The van der Waals surface area contributed by atoms with Gasteiger partial charge in [-0.1, -0.05) is 12.1 Å². The zero-order valence-corrected chi connectivity index (χ0v) is 13.6. The Morgan fingerprint density at radius 3 is 2.36 bits per heavy atom. The molecule has 0 unspecified atom stereocenters. The molecule has 4 nitrogen and oxygen atoms in total. The Bertz CT molecular complexity index is 835. The SMILES string of the molecule is O=C(Cc1cccc(F)c1)Nc1ccc(NCc2ccncc2)cc1. The van der Waals surface area contributed by atoms with Gasteiger partial charge in [-0.25, -0.2) is 4.39 Å². The summed E-state index contributed by atoms with van der Waals surface area (Å²) >= 11 is 0. The zero-order valence-electron chi connectivity index (χ0n) is 13.6. The summed E-state index contributed by atoms with van der Waals surface area (Å²) in [4.78, 5) is 16.0. The van der Waals surface area contributed by atoms with Gasteiger partial charge >= 0.3 is 0 Å². The van der Waals surface area contributed by atoms with Gasteiger partial charge in [0.2, 0.25) is 5.91 Å². The number of nitrogens with one attached hydrogen (secondary N) is 2. The molecule has 0 atom stereocenters. The highest BCUT2D eigenvalue weighted by atomic mass is 19.1. The Morgan fingerprint density at radius 1 is 0.920 bits per heavy atom. The predicted molar refractivity (Wildman–Crippen MR) is 96.7 cm³/mol. The van der Waals surface area contributed by atoms with Gasteiger partial charge in [0.05, 0.1) is 6.42 Å². The molecule has 25 heavy (non-hydrogen) atoms. The van der Waals surface area contributed by atoms with Crippen LogP contribution in [0.25, 0.3) is 0 Å². The highest BCUT2D eigenvalue weighted by Gasteiger charge is 2.05. The van der Waals surface area contributed by atoms with Gasteiger partial charge in [-0.2, -0.15) is 0 Å². The molecule has 2 N–H and O–H groups in total. The largest absolute Gasteiger partial charge is 0.381 e. The number of carbonyl (C=O) groups is 1. The van der Waals surface area contributed by atoms with Crippen LogP contribution in [-0.4, -0.2) is 10.9 Å². The Balaban J connectivity index is 1.52. The summed E-state index contributed by atoms with van der Waals surface area (Å²) in [5.74, 6) is -0.516. The number of rotatable bonds is 6. The monoisotopic (exact) mass is 335 g/mol. The second kappa shape index (κ2) is 8.06. The normalized spacial score (nSPS) is 10.3. The number of halogens is 1. The van der Waals surface area contributed by atoms with Crippen molar-refractivity contribution in [3.8, 4) is 0 Å². The number of hydrogen-bond donors (Lipinski definition) is 2. The molecule has 0 bridgehead atoms. The van der Waals surface area contributed by atoms with Crippen LogP contribution in [0.1, 0.15) is 11.1 Å². The average Bonchev–Trinajstić information content (AvgIpc) is 2.62. The van der Waals surface area contributed by atoms with Crippen molar-refractivity contribution in [3.63, 3.8) is 0 Å². The van der Waals surface area contributed by atoms with Crippen molar-refractivity contribution in [3.05, 3.63) is 90.0 Å². The van der Waals surface area contributed by atoms with Gasteiger partial charge in [0.25, 0.3) is 0 Å². The van der Waals surface area contributed by atoms with Crippen LogP contribution >= 0.6 is 0 Å². The van der Waals surface area contributed by atoms with E-state index in [1.165, 1.54) is 12.1 Å². The topological polar surface area (TPSA) is 54.0 Å². The third-order valence-corrected chi connectivity index (χ3v) is 3.67. The van der Waals surface area contributed by atoms with Crippen molar-refractivity contribution >= 4 is 17.3 Å². The lowest BCUT2D eigenvalue weighted by Crippen LogP contribution is -2.14. The van der Waals surface area contributed by atoms with E-state index in [0.717, 1.165) is 11.3 Å². The van der Waals surface area contributed by atoms with Gasteiger partial charge in [0.15, 0.2) is 0 Å². The number of hydrogen-bond acceptors (Lipinski definition) is 3. The molecule has 2 aromatic carbocycles. The Kier molecular flexibility index (Phi) is 5.36. The van der Waals surface area contributed by atoms with Crippen molar-refractivity contribution in [1.29, 1.82) is 0 Å². The van der Waals surface area contributed by atoms with E-state index < -0.39 is 0 Å². The number of amides is 1. The molecule has 5 heteroatoms. The molecule has 0 spiro atoms. The lowest BCUT2D eigenvalue weighted by atomic mass is 10.1. The summed E-state index contributed by atoms with van der Waals surface area (Å²) in [5.41, 5.74) is 3.45. The molecule has 1 heterocycles. The quantitative estimate of drug-likeness (QED) is 0.715. The molecule has 0 aliphatic rings. The maximum atomic E-state index is 13.1. The lowest BCUT2D eigenvalue weighted by Gasteiger charge is -2.09. The van der Waals surface area contributed by atoms with E-state index in [1.54, 1.807) is 24.5 Å². The first-order valence-electron chi connectivity index (χ1n) is 7.96. The van der Waals surface area contributed by atoms with E-state index in [2.05, 4.69) is 15.6 Å². The number of benzene rings is 2. The van der Waals surface area contributed by atoms with Crippen LogP contribution in [-0.2, 0) is 17.8 Å². The minimum absolute atomic E-state index is 0.139. The van der Waals surface area contributed by atoms with E-state index >= 15 is 0 Å². The zero-order chi connectivity index (χ0) is 17.5. The van der Waals surface area contributed by atoms with Crippen LogP contribution in [0.3, 0.4) is 0 Å². The van der Waals surface area contributed by atoms with Crippen molar-refractivity contribution in [2.45, 2.75) is 13.0 Å². The summed E-state index contributed by atoms with van der Waals surface area (Å²) in [6, 6.07) is 17.4. The summed E-state index contributed by atoms with van der Waals surface area (Å²) in [7, 11) is 0. The van der Waals surface area contributed by atoms with E-state index in [-0.39, 0.29) is 18.1 Å². The van der Waals surface area contributed by atoms with Gasteiger partial charge in [0.1, 0.15) is 5.82 Å². The fourth-order valence-corrected chi connectivity index (χ4v) is 2.41. The molecule has 0 saturated heterocycles. The van der Waals surface area contributed by atoms with Crippen molar-refractivity contribution in [2.75, 3.05) is 10.6 Å². The molecular formula is C20H18FN3O. The molecule has 0 aliphatic heterocycles. The highest BCUT2D eigenvalue weighted by molar-refractivity contribution is 5.92. The van der Waals surface area contributed by atoms with Gasteiger partial charge in [-0.3, -0.25) is 9.78 Å². The Labute approximate surface area is 145 Å². The molecule has 0 saturated carbocycles. The van der Waals surface area contributed by atoms with Crippen LogP contribution in [0.4, 0.5) is 15.8 Å². The van der Waals surface area contributed by atoms with E-state index in [1.807, 2.05) is 36.4 Å².